The van der Waals surface area contributed by atoms with Crippen molar-refractivity contribution in [3.63, 3.8) is 0 Å². The molecule has 4 nitrogen and oxygen atoms in total. The molecule has 0 spiro atoms. The Labute approximate surface area is 185 Å². The third-order valence-corrected chi connectivity index (χ3v) is 5.74. The minimum absolute atomic E-state index is 0.0591. The van der Waals surface area contributed by atoms with Gasteiger partial charge in [0.2, 0.25) is 5.91 Å². The van der Waals surface area contributed by atoms with Crippen LogP contribution in [0.15, 0.2) is 60.8 Å². The molecule has 0 N–H and O–H groups in total. The molecule has 0 bridgehead atoms. The molecule has 0 aliphatic carbocycles. The Kier molecular flexibility index (Phi) is 6.26. The predicted octanol–water partition coefficient (Wildman–Crippen LogP) is 4.95. The van der Waals surface area contributed by atoms with Crippen LogP contribution in [0.1, 0.15) is 46.1 Å². The van der Waals surface area contributed by atoms with Crippen molar-refractivity contribution in [3.8, 4) is 0 Å². The lowest BCUT2D eigenvalue weighted by molar-refractivity contribution is -0.137. The number of halogens is 3. The Balaban J connectivity index is 1.43. The van der Waals surface area contributed by atoms with Gasteiger partial charge in [0.15, 0.2) is 0 Å². The summed E-state index contributed by atoms with van der Waals surface area (Å²) in [5, 5.41) is 0. The Morgan fingerprint density at radius 2 is 1.88 bits per heavy atom. The molecular formula is C25H24F3N3O. The first-order valence-corrected chi connectivity index (χ1v) is 10.6. The van der Waals surface area contributed by atoms with Gasteiger partial charge < -0.3 is 4.90 Å². The highest BCUT2D eigenvalue weighted by atomic mass is 19.4. The largest absolute Gasteiger partial charge is 0.416 e. The third-order valence-electron chi connectivity index (χ3n) is 5.74. The molecule has 1 aliphatic heterocycles. The zero-order valence-corrected chi connectivity index (χ0v) is 17.8. The van der Waals surface area contributed by atoms with Gasteiger partial charge in [0.25, 0.3) is 0 Å². The Morgan fingerprint density at radius 1 is 1.09 bits per heavy atom. The first-order valence-electron chi connectivity index (χ1n) is 10.6. The van der Waals surface area contributed by atoms with Crippen molar-refractivity contribution in [2.45, 2.75) is 38.3 Å². The second-order valence-corrected chi connectivity index (χ2v) is 8.24. The number of carbonyl (C=O) groups excluding carboxylic acids is 1. The monoisotopic (exact) mass is 439 g/mol. The van der Waals surface area contributed by atoms with Crippen LogP contribution in [0.25, 0.3) is 0 Å². The molecule has 1 aliphatic rings. The smallest absolute Gasteiger partial charge is 0.342 e. The molecule has 1 amide bonds. The summed E-state index contributed by atoms with van der Waals surface area (Å²) in [7, 11) is 0. The molecule has 0 unspecified atom stereocenters. The quantitative estimate of drug-likeness (QED) is 0.565. The van der Waals surface area contributed by atoms with E-state index in [1.807, 2.05) is 42.2 Å². The minimum Gasteiger partial charge on any atom is -0.342 e. The molecule has 2 aromatic heterocycles. The van der Waals surface area contributed by atoms with Gasteiger partial charge in [-0.2, -0.15) is 13.2 Å². The zero-order valence-electron chi connectivity index (χ0n) is 17.8. The first-order chi connectivity index (χ1) is 15.3. The number of amides is 1. The number of alkyl halides is 3. The number of hydrogen-bond acceptors (Lipinski definition) is 3. The molecule has 7 heteroatoms. The summed E-state index contributed by atoms with van der Waals surface area (Å²) in [5.74, 6) is 0.206. The fraction of sp³-hybridized carbons (Fsp3) is 0.320. The molecule has 1 atom stereocenters. The zero-order chi connectivity index (χ0) is 22.7. The van der Waals surface area contributed by atoms with Gasteiger partial charge in [-0.05, 0) is 67.3 Å². The molecule has 0 saturated carbocycles. The summed E-state index contributed by atoms with van der Waals surface area (Å²) in [5.41, 5.74) is 3.73. The van der Waals surface area contributed by atoms with Crippen molar-refractivity contribution in [3.05, 3.63) is 94.6 Å². The average molecular weight is 439 g/mol. The summed E-state index contributed by atoms with van der Waals surface area (Å²) in [4.78, 5) is 23.4. The molecule has 0 radical (unpaired) electrons. The van der Waals surface area contributed by atoms with Gasteiger partial charge in [-0.3, -0.25) is 14.8 Å². The maximum atomic E-state index is 12.8. The van der Waals surface area contributed by atoms with E-state index >= 15 is 0 Å². The average Bonchev–Trinajstić information content (AvgIpc) is 3.24. The maximum Gasteiger partial charge on any atom is 0.416 e. The van der Waals surface area contributed by atoms with Crippen LogP contribution in [0.2, 0.25) is 0 Å². The van der Waals surface area contributed by atoms with Crippen LogP contribution >= 0.6 is 0 Å². The number of hydrogen-bond donors (Lipinski definition) is 0. The summed E-state index contributed by atoms with van der Waals surface area (Å²) in [6.45, 7) is 3.21. The molecule has 3 heterocycles. The number of likely N-dealkylation sites (tertiary alicyclic amines) is 1. The van der Waals surface area contributed by atoms with Gasteiger partial charge in [0.1, 0.15) is 0 Å². The molecule has 1 saturated heterocycles. The highest BCUT2D eigenvalue weighted by molar-refractivity contribution is 5.78. The number of benzene rings is 1. The first kappa shape index (κ1) is 22.0. The van der Waals surface area contributed by atoms with E-state index in [1.54, 1.807) is 6.20 Å². The second kappa shape index (κ2) is 9.10. The van der Waals surface area contributed by atoms with Crippen LogP contribution in [-0.4, -0.2) is 33.9 Å². The molecule has 4 rings (SSSR count). The predicted molar refractivity (Wildman–Crippen MR) is 115 cm³/mol. The molecule has 32 heavy (non-hydrogen) atoms. The van der Waals surface area contributed by atoms with Crippen molar-refractivity contribution >= 4 is 5.91 Å². The van der Waals surface area contributed by atoms with E-state index < -0.39 is 11.7 Å². The van der Waals surface area contributed by atoms with E-state index in [0.717, 1.165) is 46.8 Å². The molecule has 1 fully saturated rings. The Bertz CT molecular complexity index is 1080. The van der Waals surface area contributed by atoms with E-state index in [0.29, 0.717) is 19.5 Å². The molecule has 166 valence electrons. The van der Waals surface area contributed by atoms with E-state index in [-0.39, 0.29) is 18.2 Å². The van der Waals surface area contributed by atoms with Crippen LogP contribution < -0.4 is 0 Å². The Hall–Kier alpha value is -3.22. The lowest BCUT2D eigenvalue weighted by atomic mass is 9.98. The topological polar surface area (TPSA) is 46.1 Å². The molecule has 1 aromatic carbocycles. The number of rotatable bonds is 5. The highest BCUT2D eigenvalue weighted by Gasteiger charge is 2.30. The van der Waals surface area contributed by atoms with Crippen molar-refractivity contribution < 1.29 is 18.0 Å². The SMILES string of the molecule is Cc1cc(Cc2ccc(C(F)(F)F)cc2)cc([C@H]2CCN(C(=O)Cc3ccccn3)C2)n1. The fourth-order valence-electron chi connectivity index (χ4n) is 4.12. The number of pyridine rings is 2. The standard InChI is InChI=1S/C25H24F3N3O/c1-17-12-19(13-18-5-7-21(8-6-18)25(26,27)28)14-23(30-17)20-9-11-31(16-20)24(32)15-22-4-2-3-10-29-22/h2-8,10,12,14,20H,9,11,13,15-16H2,1H3/t20-/m0/s1. The van der Waals surface area contributed by atoms with Crippen LogP contribution in [0.4, 0.5) is 13.2 Å². The Morgan fingerprint density at radius 3 is 2.56 bits per heavy atom. The van der Waals surface area contributed by atoms with Crippen LogP contribution in [0.3, 0.4) is 0 Å². The summed E-state index contributed by atoms with van der Waals surface area (Å²) in [6, 6.07) is 14.8. The van der Waals surface area contributed by atoms with Gasteiger partial charge in [-0.15, -0.1) is 0 Å². The minimum atomic E-state index is -4.33. The lowest BCUT2D eigenvalue weighted by Gasteiger charge is -2.17. The van der Waals surface area contributed by atoms with E-state index in [9.17, 15) is 18.0 Å². The summed E-state index contributed by atoms with van der Waals surface area (Å²) >= 11 is 0. The second-order valence-electron chi connectivity index (χ2n) is 8.24. The highest BCUT2D eigenvalue weighted by Crippen LogP contribution is 2.30. The van der Waals surface area contributed by atoms with Crippen LogP contribution in [0, 0.1) is 6.92 Å². The van der Waals surface area contributed by atoms with Crippen molar-refractivity contribution in [2.24, 2.45) is 0 Å². The summed E-state index contributed by atoms with van der Waals surface area (Å²) in [6.07, 6.45) is -0.993. The van der Waals surface area contributed by atoms with E-state index in [4.69, 9.17) is 0 Å². The third kappa shape index (κ3) is 5.33. The van der Waals surface area contributed by atoms with Crippen molar-refractivity contribution in [1.29, 1.82) is 0 Å². The van der Waals surface area contributed by atoms with Gasteiger partial charge >= 0.3 is 6.18 Å². The number of nitrogens with zero attached hydrogens (tertiary/aromatic N) is 3. The summed E-state index contributed by atoms with van der Waals surface area (Å²) < 4.78 is 38.4. The van der Waals surface area contributed by atoms with E-state index in [2.05, 4.69) is 9.97 Å². The molecule has 3 aromatic rings. The van der Waals surface area contributed by atoms with Crippen molar-refractivity contribution in [2.75, 3.05) is 13.1 Å². The number of aryl methyl sites for hydroxylation is 1. The van der Waals surface area contributed by atoms with Gasteiger partial charge in [0.05, 0.1) is 12.0 Å². The number of carbonyl (C=O) groups is 1. The van der Waals surface area contributed by atoms with E-state index in [1.165, 1.54) is 12.1 Å². The number of aromatic nitrogens is 2. The normalized spacial score (nSPS) is 16.4. The van der Waals surface area contributed by atoms with Gasteiger partial charge in [0, 0.05) is 42.3 Å². The lowest BCUT2D eigenvalue weighted by Crippen LogP contribution is -2.30. The van der Waals surface area contributed by atoms with Gasteiger partial charge in [-0.25, -0.2) is 0 Å². The molecular weight excluding hydrogens is 415 g/mol. The van der Waals surface area contributed by atoms with Gasteiger partial charge in [-0.1, -0.05) is 18.2 Å². The maximum absolute atomic E-state index is 12.8. The van der Waals surface area contributed by atoms with Crippen LogP contribution in [0.5, 0.6) is 0 Å². The van der Waals surface area contributed by atoms with Crippen molar-refractivity contribution in [1.82, 2.24) is 14.9 Å². The fourth-order valence-corrected chi connectivity index (χ4v) is 4.12. The van der Waals surface area contributed by atoms with Crippen LogP contribution in [-0.2, 0) is 23.8 Å².